The molecule has 4 aliphatic heterocycles. The number of hydrogen-bond donors (Lipinski definition) is 1. The van der Waals surface area contributed by atoms with E-state index in [0.29, 0.717) is 82.2 Å². The van der Waals surface area contributed by atoms with Crippen molar-refractivity contribution in [2.45, 2.75) is 63.2 Å². The smallest absolute Gasteiger partial charge is 0.296 e. The Labute approximate surface area is 478 Å². The summed E-state index contributed by atoms with van der Waals surface area (Å²) in [6, 6.07) is 8.56. The summed E-state index contributed by atoms with van der Waals surface area (Å²) in [6.45, 7) is 6.07. The lowest BCUT2D eigenvalue weighted by Crippen LogP contribution is -2.67. The molecule has 0 saturated carbocycles. The summed E-state index contributed by atoms with van der Waals surface area (Å²) in [5, 5.41) is 0. The molecule has 0 spiro atoms. The van der Waals surface area contributed by atoms with Crippen LogP contribution in [0.1, 0.15) is 57.1 Å². The van der Waals surface area contributed by atoms with Crippen LogP contribution in [0.3, 0.4) is 0 Å². The average molecular weight is 1200 g/mol. The fourth-order valence-electron chi connectivity index (χ4n) is 11.1. The molecule has 4 saturated heterocycles. The van der Waals surface area contributed by atoms with Gasteiger partial charge in [-0.2, -0.15) is 34.2 Å². The molecular formula is C51H70F4N18O8S2. The van der Waals surface area contributed by atoms with Gasteiger partial charge in [-0.1, -0.05) is 12.1 Å². The topological polar surface area (TPSA) is 253 Å². The molecule has 1 atom stereocenters. The summed E-state index contributed by atoms with van der Waals surface area (Å²) in [5.74, 6) is -0.798. The lowest BCUT2D eigenvalue weighted by molar-refractivity contribution is 0.0322. The van der Waals surface area contributed by atoms with Gasteiger partial charge in [0.2, 0.25) is 55.7 Å². The molecule has 8 heterocycles. The van der Waals surface area contributed by atoms with Crippen molar-refractivity contribution >= 4 is 65.9 Å². The third-order valence-corrected chi connectivity index (χ3v) is 19.2. The second kappa shape index (κ2) is 24.7. The van der Waals surface area contributed by atoms with Crippen molar-refractivity contribution in [3.8, 4) is 23.4 Å². The SMILES string of the molecule is COc1cccc2c1nc(C(F)F)n2-c1nc(N2CCOCC2)nc(N2CCC(NS(=O)(=O)CC(C)(N(C)C)N(C3CCN(c4nc(N5CCOCC5)nc(-n5c(C(F)F)nc6c(OC)cccc65)n4)CC3)S(=O)(=O)CCN(C)C)CC2)n1. The van der Waals surface area contributed by atoms with Gasteiger partial charge in [-0.3, -0.25) is 14.0 Å². The Morgan fingerprint density at radius 2 is 1.00 bits per heavy atom. The predicted octanol–water partition coefficient (Wildman–Crippen LogP) is 3.33. The van der Waals surface area contributed by atoms with E-state index in [2.05, 4.69) is 14.7 Å². The lowest BCUT2D eigenvalue weighted by Gasteiger charge is -2.50. The highest BCUT2D eigenvalue weighted by atomic mass is 32.2. The monoisotopic (exact) mass is 1200 g/mol. The van der Waals surface area contributed by atoms with E-state index in [-0.39, 0.29) is 104 Å². The molecule has 0 bridgehead atoms. The van der Waals surface area contributed by atoms with E-state index < -0.39 is 68.0 Å². The highest BCUT2D eigenvalue weighted by molar-refractivity contribution is 7.90. The molecule has 1 unspecified atom stereocenters. The van der Waals surface area contributed by atoms with Gasteiger partial charge in [0, 0.05) is 71.0 Å². The number of nitrogens with zero attached hydrogens (tertiary/aromatic N) is 17. The lowest BCUT2D eigenvalue weighted by atomic mass is 10.0. The number of aromatic nitrogens is 10. The molecule has 0 radical (unpaired) electrons. The van der Waals surface area contributed by atoms with E-state index in [1.807, 2.05) is 19.6 Å². The van der Waals surface area contributed by atoms with Crippen molar-refractivity contribution in [1.29, 1.82) is 0 Å². The number of fused-ring (bicyclic) bond motifs is 2. The second-order valence-corrected chi connectivity index (χ2v) is 25.1. The van der Waals surface area contributed by atoms with E-state index in [9.17, 15) is 34.4 Å². The fourth-order valence-corrected chi connectivity index (χ4v) is 15.4. The number of hydrogen-bond acceptors (Lipinski definition) is 22. The van der Waals surface area contributed by atoms with Crippen LogP contribution in [0.4, 0.5) is 41.4 Å². The highest BCUT2D eigenvalue weighted by Crippen LogP contribution is 2.37. The zero-order chi connectivity index (χ0) is 59.0. The molecule has 32 heteroatoms. The predicted molar refractivity (Wildman–Crippen MR) is 302 cm³/mol. The van der Waals surface area contributed by atoms with Crippen LogP contribution in [-0.2, 0) is 29.5 Å². The highest BCUT2D eigenvalue weighted by Gasteiger charge is 2.49. The average Bonchev–Trinajstić information content (AvgIpc) is 3.68. The van der Waals surface area contributed by atoms with Crippen molar-refractivity contribution in [1.82, 2.24) is 67.8 Å². The summed E-state index contributed by atoms with van der Waals surface area (Å²) in [4.78, 5) is 48.0. The molecule has 6 aromatic rings. The molecule has 2 aromatic carbocycles. The number of para-hydroxylation sites is 2. The molecule has 4 fully saturated rings. The van der Waals surface area contributed by atoms with Crippen LogP contribution in [-0.4, -0.2) is 237 Å². The van der Waals surface area contributed by atoms with E-state index in [0.717, 1.165) is 0 Å². The van der Waals surface area contributed by atoms with Crippen LogP contribution in [0.2, 0.25) is 0 Å². The zero-order valence-corrected chi connectivity index (χ0v) is 49.0. The van der Waals surface area contributed by atoms with Gasteiger partial charge in [-0.05, 0) is 85.1 Å². The number of ether oxygens (including phenoxy) is 4. The van der Waals surface area contributed by atoms with Gasteiger partial charge in [0.05, 0.1) is 63.2 Å². The van der Waals surface area contributed by atoms with E-state index >= 15 is 0 Å². The van der Waals surface area contributed by atoms with Crippen LogP contribution in [0.15, 0.2) is 36.4 Å². The fraction of sp³-hybridized carbons (Fsp3) is 0.608. The van der Waals surface area contributed by atoms with Crippen molar-refractivity contribution in [2.24, 2.45) is 0 Å². The molecule has 4 aliphatic rings. The first kappa shape index (κ1) is 59.7. The van der Waals surface area contributed by atoms with Gasteiger partial charge in [0.25, 0.3) is 12.9 Å². The summed E-state index contributed by atoms with van der Waals surface area (Å²) < 4.78 is 147. The molecule has 83 heavy (non-hydrogen) atoms. The Kier molecular flexibility index (Phi) is 17.7. The zero-order valence-electron chi connectivity index (χ0n) is 47.4. The maximum Gasteiger partial charge on any atom is 0.296 e. The second-order valence-electron chi connectivity index (χ2n) is 21.4. The Hall–Kier alpha value is -6.42. The summed E-state index contributed by atoms with van der Waals surface area (Å²) >= 11 is 0. The molecule has 26 nitrogen and oxygen atoms in total. The van der Waals surface area contributed by atoms with Gasteiger partial charge < -0.3 is 43.4 Å². The van der Waals surface area contributed by atoms with E-state index in [1.165, 1.54) is 27.7 Å². The van der Waals surface area contributed by atoms with Crippen LogP contribution in [0.5, 0.6) is 11.5 Å². The largest absolute Gasteiger partial charge is 0.494 e. The van der Waals surface area contributed by atoms with Crippen LogP contribution >= 0.6 is 0 Å². The maximum atomic E-state index is 14.9. The van der Waals surface area contributed by atoms with Crippen LogP contribution < -0.4 is 33.8 Å². The molecule has 10 rings (SSSR count). The third-order valence-electron chi connectivity index (χ3n) is 15.6. The standard InChI is InChI=1S/C51H70F4N18O8S2/c1-51(66(4)5,32-82(74,75)64-33-14-18-67(19-15-33)45-58-47(69-22-27-80-28-23-69)62-49(60-45)71-35-10-8-12-37(78-6)39(35)56-43(71)41(52)53)73(83(76,77)31-26-65(2)3)34-16-20-68(21-17-34)46-59-48(70-24-29-81-30-25-70)63-50(61-46)72-36-11-9-13-38(79-7)40(36)57-44(72)42(54)55/h8-13,33-34,41-42,64H,14-32H2,1-7H3. The first-order valence-electron chi connectivity index (χ1n) is 27.4. The Morgan fingerprint density at radius 1 is 0.602 bits per heavy atom. The first-order chi connectivity index (χ1) is 39.7. The maximum absolute atomic E-state index is 14.9. The van der Waals surface area contributed by atoms with E-state index in [4.69, 9.17) is 48.9 Å². The number of imidazole rings is 2. The van der Waals surface area contributed by atoms with Crippen LogP contribution in [0.25, 0.3) is 34.0 Å². The van der Waals surface area contributed by atoms with Crippen molar-refractivity contribution < 1.29 is 53.3 Å². The third kappa shape index (κ3) is 12.5. The molecular weight excluding hydrogens is 1130 g/mol. The molecule has 4 aromatic heterocycles. The first-order valence-corrected chi connectivity index (χ1v) is 30.6. The summed E-state index contributed by atoms with van der Waals surface area (Å²) in [7, 11) is 1.22. The molecule has 0 aliphatic carbocycles. The van der Waals surface area contributed by atoms with E-state index in [1.54, 1.807) is 81.3 Å². The number of alkyl halides is 4. The minimum absolute atomic E-state index is 0.0753. The number of morpholine rings is 2. The molecule has 1 N–H and O–H groups in total. The number of rotatable bonds is 21. The summed E-state index contributed by atoms with van der Waals surface area (Å²) in [6.07, 6.45) is -4.98. The molecule has 452 valence electrons. The van der Waals surface area contributed by atoms with Crippen molar-refractivity contribution in [3.05, 3.63) is 48.0 Å². The number of anilines is 4. The number of nitrogens with one attached hydrogen (secondary N) is 1. The minimum atomic E-state index is -4.26. The molecule has 0 amide bonds. The van der Waals surface area contributed by atoms with Gasteiger partial charge in [0.1, 0.15) is 28.2 Å². The van der Waals surface area contributed by atoms with Gasteiger partial charge >= 0.3 is 0 Å². The number of benzene rings is 2. The Morgan fingerprint density at radius 3 is 1.39 bits per heavy atom. The van der Waals surface area contributed by atoms with Gasteiger partial charge in [-0.25, -0.2) is 49.1 Å². The van der Waals surface area contributed by atoms with Crippen LogP contribution in [0, 0.1) is 0 Å². The van der Waals surface area contributed by atoms with Crippen molar-refractivity contribution in [2.75, 3.05) is 159 Å². The quantitative estimate of drug-likeness (QED) is 0.0801. The van der Waals surface area contributed by atoms with Gasteiger partial charge in [-0.15, -0.1) is 0 Å². The Bertz CT molecular complexity index is 3480. The number of methoxy groups -OCH3 is 2. The Balaban J connectivity index is 0.896. The van der Waals surface area contributed by atoms with Gasteiger partial charge in [0.15, 0.2) is 11.6 Å². The minimum Gasteiger partial charge on any atom is -0.494 e. The number of sulfonamides is 2. The number of halogens is 4. The number of piperidine rings is 2. The summed E-state index contributed by atoms with van der Waals surface area (Å²) in [5.41, 5.74) is -0.615. The van der Waals surface area contributed by atoms with Crippen molar-refractivity contribution in [3.63, 3.8) is 0 Å². The normalized spacial score (nSPS) is 18.3.